The maximum Gasteiger partial charge on any atom is 0.287 e. The zero-order chi connectivity index (χ0) is 14.1. The second kappa shape index (κ2) is 5.29. The van der Waals surface area contributed by atoms with Gasteiger partial charge in [0.15, 0.2) is 5.76 Å². The van der Waals surface area contributed by atoms with Crippen molar-refractivity contribution in [2.45, 2.75) is 44.8 Å². The lowest BCUT2D eigenvalue weighted by atomic mass is 9.93. The van der Waals surface area contributed by atoms with Crippen LogP contribution >= 0.6 is 0 Å². The van der Waals surface area contributed by atoms with Crippen molar-refractivity contribution in [1.29, 1.82) is 0 Å². The summed E-state index contributed by atoms with van der Waals surface area (Å²) in [6.07, 6.45) is 2.95. The molecule has 1 fully saturated rings. The van der Waals surface area contributed by atoms with Crippen LogP contribution in [0.15, 0.2) is 28.7 Å². The van der Waals surface area contributed by atoms with Crippen molar-refractivity contribution in [1.82, 2.24) is 5.32 Å². The summed E-state index contributed by atoms with van der Waals surface area (Å²) in [6.45, 7) is 1.91. The molecule has 0 spiro atoms. The minimum Gasteiger partial charge on any atom is -0.451 e. The predicted molar refractivity (Wildman–Crippen MR) is 76.7 cm³/mol. The number of benzene rings is 1. The van der Waals surface area contributed by atoms with E-state index in [0.717, 1.165) is 42.2 Å². The summed E-state index contributed by atoms with van der Waals surface area (Å²) in [4.78, 5) is 12.3. The quantitative estimate of drug-likeness (QED) is 0.884. The van der Waals surface area contributed by atoms with Crippen molar-refractivity contribution in [3.05, 3.63) is 35.6 Å². The lowest BCUT2D eigenvalue weighted by Crippen LogP contribution is -2.38. The largest absolute Gasteiger partial charge is 0.451 e. The van der Waals surface area contributed by atoms with Gasteiger partial charge in [0.25, 0.3) is 5.91 Å². The molecule has 1 aliphatic rings. The standard InChI is InChI=1S/C16H19NO3/c1-10-13-4-2-3-5-14(13)20-15(10)16(19)17-11-6-8-12(18)9-7-11/h2-5,11-12,18H,6-9H2,1H3,(H,17,19). The van der Waals surface area contributed by atoms with Gasteiger partial charge >= 0.3 is 0 Å². The lowest BCUT2D eigenvalue weighted by Gasteiger charge is -2.25. The highest BCUT2D eigenvalue weighted by molar-refractivity contribution is 5.99. The topological polar surface area (TPSA) is 62.5 Å². The average Bonchev–Trinajstić information content (AvgIpc) is 2.79. The Balaban J connectivity index is 1.77. The molecular formula is C16H19NO3. The first-order chi connectivity index (χ1) is 9.65. The molecule has 1 aromatic carbocycles. The molecule has 2 aromatic rings. The van der Waals surface area contributed by atoms with Gasteiger partial charge in [-0.2, -0.15) is 0 Å². The average molecular weight is 273 g/mol. The number of fused-ring (bicyclic) bond motifs is 1. The molecule has 0 unspecified atom stereocenters. The van der Waals surface area contributed by atoms with E-state index in [4.69, 9.17) is 4.42 Å². The first-order valence-electron chi connectivity index (χ1n) is 7.12. The molecular weight excluding hydrogens is 254 g/mol. The predicted octanol–water partition coefficient (Wildman–Crippen LogP) is 2.77. The van der Waals surface area contributed by atoms with E-state index in [1.165, 1.54) is 0 Å². The number of rotatable bonds is 2. The second-order valence-corrected chi connectivity index (χ2v) is 5.53. The fourth-order valence-electron chi connectivity index (χ4n) is 2.86. The highest BCUT2D eigenvalue weighted by atomic mass is 16.3. The van der Waals surface area contributed by atoms with Gasteiger partial charge in [-0.15, -0.1) is 0 Å². The molecule has 1 amide bonds. The van der Waals surface area contributed by atoms with Gasteiger partial charge in [-0.3, -0.25) is 4.79 Å². The number of carbonyl (C=O) groups excluding carboxylic acids is 1. The van der Waals surface area contributed by atoms with Crippen LogP contribution in [0.4, 0.5) is 0 Å². The molecule has 3 rings (SSSR count). The van der Waals surface area contributed by atoms with E-state index in [-0.39, 0.29) is 18.1 Å². The molecule has 0 atom stereocenters. The van der Waals surface area contributed by atoms with Crippen molar-refractivity contribution < 1.29 is 14.3 Å². The number of aliphatic hydroxyl groups excluding tert-OH is 1. The van der Waals surface area contributed by atoms with E-state index < -0.39 is 0 Å². The number of para-hydroxylation sites is 1. The monoisotopic (exact) mass is 273 g/mol. The van der Waals surface area contributed by atoms with Crippen molar-refractivity contribution >= 4 is 16.9 Å². The number of amides is 1. The molecule has 4 nitrogen and oxygen atoms in total. The lowest BCUT2D eigenvalue weighted by molar-refractivity contribution is 0.0844. The Labute approximate surface area is 117 Å². The third kappa shape index (κ3) is 2.43. The molecule has 0 bridgehead atoms. The fraction of sp³-hybridized carbons (Fsp3) is 0.438. The highest BCUT2D eigenvalue weighted by Gasteiger charge is 2.24. The number of aliphatic hydroxyl groups is 1. The number of hydrogen-bond donors (Lipinski definition) is 2. The van der Waals surface area contributed by atoms with Gasteiger partial charge in [-0.05, 0) is 38.7 Å². The van der Waals surface area contributed by atoms with Crippen LogP contribution in [0.2, 0.25) is 0 Å². The van der Waals surface area contributed by atoms with Crippen LogP contribution in [0.3, 0.4) is 0 Å². The van der Waals surface area contributed by atoms with Crippen molar-refractivity contribution in [2.24, 2.45) is 0 Å². The molecule has 4 heteroatoms. The van der Waals surface area contributed by atoms with Crippen LogP contribution in [0.5, 0.6) is 0 Å². The van der Waals surface area contributed by atoms with Gasteiger partial charge in [-0.25, -0.2) is 0 Å². The number of furan rings is 1. The zero-order valence-electron chi connectivity index (χ0n) is 11.6. The first-order valence-corrected chi connectivity index (χ1v) is 7.12. The van der Waals surface area contributed by atoms with Crippen molar-refractivity contribution in [2.75, 3.05) is 0 Å². The Hall–Kier alpha value is -1.81. The van der Waals surface area contributed by atoms with E-state index in [9.17, 15) is 9.90 Å². The van der Waals surface area contributed by atoms with Crippen LogP contribution in [0, 0.1) is 6.92 Å². The van der Waals surface area contributed by atoms with E-state index in [2.05, 4.69) is 5.32 Å². The van der Waals surface area contributed by atoms with Crippen molar-refractivity contribution in [3.63, 3.8) is 0 Å². The first kappa shape index (κ1) is 13.2. The Morgan fingerprint density at radius 3 is 2.65 bits per heavy atom. The number of carbonyl (C=O) groups is 1. The Morgan fingerprint density at radius 2 is 1.95 bits per heavy atom. The molecule has 1 aromatic heterocycles. The van der Waals surface area contributed by atoms with Gasteiger partial charge < -0.3 is 14.8 Å². The van der Waals surface area contributed by atoms with Gasteiger partial charge in [0.2, 0.25) is 0 Å². The molecule has 2 N–H and O–H groups in total. The van der Waals surface area contributed by atoms with Crippen LogP contribution in [0.1, 0.15) is 41.8 Å². The summed E-state index contributed by atoms with van der Waals surface area (Å²) in [5.41, 5.74) is 1.63. The van der Waals surface area contributed by atoms with Crippen LogP contribution < -0.4 is 5.32 Å². The second-order valence-electron chi connectivity index (χ2n) is 5.53. The molecule has 0 saturated heterocycles. The van der Waals surface area contributed by atoms with Gasteiger partial charge in [-0.1, -0.05) is 18.2 Å². The summed E-state index contributed by atoms with van der Waals surface area (Å²) in [7, 11) is 0. The molecule has 1 saturated carbocycles. The van der Waals surface area contributed by atoms with Gasteiger partial charge in [0, 0.05) is 17.0 Å². The van der Waals surface area contributed by atoms with Gasteiger partial charge in [0.1, 0.15) is 5.58 Å². The molecule has 20 heavy (non-hydrogen) atoms. The van der Waals surface area contributed by atoms with E-state index in [1.807, 2.05) is 31.2 Å². The van der Waals surface area contributed by atoms with Crippen molar-refractivity contribution in [3.8, 4) is 0 Å². The molecule has 106 valence electrons. The molecule has 1 aliphatic carbocycles. The molecule has 1 heterocycles. The third-order valence-corrected chi connectivity index (χ3v) is 4.08. The maximum atomic E-state index is 12.3. The number of hydrogen-bond acceptors (Lipinski definition) is 3. The highest BCUT2D eigenvalue weighted by Crippen LogP contribution is 2.25. The SMILES string of the molecule is Cc1c(C(=O)NC2CCC(O)CC2)oc2ccccc12. The summed E-state index contributed by atoms with van der Waals surface area (Å²) in [6, 6.07) is 7.81. The van der Waals surface area contributed by atoms with Crippen LogP contribution in [0.25, 0.3) is 11.0 Å². The fourth-order valence-corrected chi connectivity index (χ4v) is 2.86. The zero-order valence-corrected chi connectivity index (χ0v) is 11.6. The van der Waals surface area contributed by atoms with E-state index in [0.29, 0.717) is 5.76 Å². The van der Waals surface area contributed by atoms with Crippen LogP contribution in [-0.4, -0.2) is 23.2 Å². The molecule has 0 aliphatic heterocycles. The summed E-state index contributed by atoms with van der Waals surface area (Å²) in [5.74, 6) is 0.248. The third-order valence-electron chi connectivity index (χ3n) is 4.08. The van der Waals surface area contributed by atoms with Crippen LogP contribution in [-0.2, 0) is 0 Å². The smallest absolute Gasteiger partial charge is 0.287 e. The number of aryl methyl sites for hydroxylation is 1. The number of nitrogens with one attached hydrogen (secondary N) is 1. The Bertz CT molecular complexity index is 624. The summed E-state index contributed by atoms with van der Waals surface area (Å²) < 4.78 is 5.66. The van der Waals surface area contributed by atoms with Gasteiger partial charge in [0.05, 0.1) is 6.10 Å². The Kier molecular flexibility index (Phi) is 3.49. The summed E-state index contributed by atoms with van der Waals surface area (Å²) >= 11 is 0. The van der Waals surface area contributed by atoms with E-state index >= 15 is 0 Å². The summed E-state index contributed by atoms with van der Waals surface area (Å²) in [5, 5.41) is 13.5. The minimum absolute atomic E-state index is 0.138. The minimum atomic E-state index is -0.212. The maximum absolute atomic E-state index is 12.3. The normalized spacial score (nSPS) is 22.9. The van der Waals surface area contributed by atoms with E-state index in [1.54, 1.807) is 0 Å². The Morgan fingerprint density at radius 1 is 1.25 bits per heavy atom. The molecule has 0 radical (unpaired) electrons.